The van der Waals surface area contributed by atoms with Gasteiger partial charge in [0.25, 0.3) is 0 Å². The summed E-state index contributed by atoms with van der Waals surface area (Å²) in [6.45, 7) is 17.0. The summed E-state index contributed by atoms with van der Waals surface area (Å²) < 4.78 is 0. The highest BCUT2D eigenvalue weighted by atomic mass is 14.2. The molecule has 4 aromatic rings. The highest BCUT2D eigenvalue weighted by Crippen LogP contribution is 2.30. The van der Waals surface area contributed by atoms with Crippen molar-refractivity contribution < 1.29 is 0 Å². The summed E-state index contributed by atoms with van der Waals surface area (Å²) in [5.74, 6) is 0.591. The fraction of sp³-hybridized carbons (Fsp3) is 0.294. The molecule has 4 aromatic carbocycles. The normalized spacial score (nSPS) is 10.0. The maximum atomic E-state index is 2.28. The van der Waals surface area contributed by atoms with Gasteiger partial charge in [-0.3, -0.25) is 0 Å². The first-order valence-corrected chi connectivity index (χ1v) is 12.7. The van der Waals surface area contributed by atoms with Gasteiger partial charge in [0.05, 0.1) is 0 Å². The Morgan fingerprint density at radius 1 is 0.471 bits per heavy atom. The third-order valence-corrected chi connectivity index (χ3v) is 5.65. The van der Waals surface area contributed by atoms with Gasteiger partial charge in [0, 0.05) is 5.41 Å². The van der Waals surface area contributed by atoms with E-state index in [0.29, 0.717) is 5.92 Å². The van der Waals surface area contributed by atoms with Crippen molar-refractivity contribution >= 4 is 0 Å². The van der Waals surface area contributed by atoms with Crippen LogP contribution in [-0.4, -0.2) is 0 Å². The Hall–Kier alpha value is -3.12. The zero-order valence-electron chi connectivity index (χ0n) is 22.5. The minimum atomic E-state index is 0.0858. The maximum Gasteiger partial charge on any atom is 0.0146 e. The molecule has 180 valence electrons. The molecule has 0 nitrogen and oxygen atoms in total. The maximum absolute atomic E-state index is 2.28. The lowest BCUT2D eigenvalue weighted by molar-refractivity contribution is 0.641. The van der Waals surface area contributed by atoms with Gasteiger partial charge in [-0.2, -0.15) is 0 Å². The smallest absolute Gasteiger partial charge is 0.0146 e. The van der Waals surface area contributed by atoms with Gasteiger partial charge in [-0.05, 0) is 33.7 Å². The molecule has 0 aliphatic rings. The van der Waals surface area contributed by atoms with Crippen LogP contribution >= 0.6 is 0 Å². The minimum Gasteiger partial charge on any atom is -0.0683 e. The van der Waals surface area contributed by atoms with Gasteiger partial charge in [0.1, 0.15) is 0 Å². The molecule has 0 unspecified atom stereocenters. The van der Waals surface area contributed by atoms with Gasteiger partial charge in [0.15, 0.2) is 0 Å². The average molecular weight is 453 g/mol. The van der Waals surface area contributed by atoms with Crippen LogP contribution in [0.2, 0.25) is 0 Å². The van der Waals surface area contributed by atoms with Crippen LogP contribution in [0.5, 0.6) is 0 Å². The van der Waals surface area contributed by atoms with Crippen LogP contribution in [0.15, 0.2) is 115 Å². The number of benzene rings is 4. The fourth-order valence-corrected chi connectivity index (χ4v) is 3.58. The van der Waals surface area contributed by atoms with Crippen molar-refractivity contribution in [3.8, 4) is 11.1 Å². The molecule has 0 N–H and O–H groups in total. The lowest BCUT2D eigenvalue weighted by Crippen LogP contribution is -2.18. The molecule has 0 atom stereocenters. The van der Waals surface area contributed by atoms with Crippen molar-refractivity contribution in [2.75, 3.05) is 0 Å². The Balaban J connectivity index is 0.000000297. The van der Waals surface area contributed by atoms with Crippen LogP contribution < -0.4 is 0 Å². The van der Waals surface area contributed by atoms with Gasteiger partial charge >= 0.3 is 0 Å². The van der Waals surface area contributed by atoms with Crippen LogP contribution in [0.3, 0.4) is 0 Å². The van der Waals surface area contributed by atoms with Crippen molar-refractivity contribution in [1.29, 1.82) is 0 Å². The van der Waals surface area contributed by atoms with Gasteiger partial charge in [-0.1, -0.05) is 171 Å². The van der Waals surface area contributed by atoms with E-state index in [2.05, 4.69) is 143 Å². The minimum absolute atomic E-state index is 0.0858. The Kier molecular flexibility index (Phi) is 13.3. The number of rotatable bonds is 4. The standard InChI is InChI=1S/2C15H16.2C2H6/c1-15(2,13-9-5-3-6-10-13)14-11-7-4-8-12-14;1-12(2)14-9-6-10-15(11-14)13-7-4-3-5-8-13;2*1-2/h2*3-12H,1-2H3;2*1-2H3. The van der Waals surface area contributed by atoms with Crippen LogP contribution in [0, 0.1) is 0 Å². The molecule has 0 saturated carbocycles. The van der Waals surface area contributed by atoms with E-state index in [1.54, 1.807) is 0 Å². The van der Waals surface area contributed by atoms with E-state index in [9.17, 15) is 0 Å². The SMILES string of the molecule is CC.CC.CC(C)(c1ccccc1)c1ccccc1.CC(C)c1cccc(-c2ccccc2)c1. The molecule has 0 spiro atoms. The molecule has 0 fully saturated rings. The Labute approximate surface area is 209 Å². The van der Waals surface area contributed by atoms with E-state index in [0.717, 1.165) is 0 Å². The topological polar surface area (TPSA) is 0 Å². The highest BCUT2D eigenvalue weighted by Gasteiger charge is 2.21. The summed E-state index contributed by atoms with van der Waals surface area (Å²) >= 11 is 0. The summed E-state index contributed by atoms with van der Waals surface area (Å²) in [7, 11) is 0. The molecule has 4 rings (SSSR count). The first kappa shape index (κ1) is 28.9. The lowest BCUT2D eigenvalue weighted by Gasteiger charge is -2.25. The summed E-state index contributed by atoms with van der Waals surface area (Å²) in [6.07, 6.45) is 0. The monoisotopic (exact) mass is 452 g/mol. The molecule has 0 bridgehead atoms. The molecule has 0 aromatic heterocycles. The molecule has 0 amide bonds. The van der Waals surface area contributed by atoms with E-state index < -0.39 is 0 Å². The van der Waals surface area contributed by atoms with Gasteiger partial charge in [0.2, 0.25) is 0 Å². The van der Waals surface area contributed by atoms with Gasteiger partial charge < -0.3 is 0 Å². The van der Waals surface area contributed by atoms with Crippen LogP contribution in [0.1, 0.15) is 78.0 Å². The lowest BCUT2D eigenvalue weighted by atomic mass is 9.78. The van der Waals surface area contributed by atoms with E-state index in [1.165, 1.54) is 27.8 Å². The summed E-state index contributed by atoms with van der Waals surface area (Å²) in [6, 6.07) is 40.6. The van der Waals surface area contributed by atoms with E-state index in [4.69, 9.17) is 0 Å². The molecule has 0 aliphatic carbocycles. The summed E-state index contributed by atoms with van der Waals surface area (Å²) in [4.78, 5) is 0. The molecular formula is C34H44. The predicted molar refractivity (Wildman–Crippen MR) is 154 cm³/mol. The third-order valence-electron chi connectivity index (χ3n) is 5.65. The molecule has 0 heteroatoms. The van der Waals surface area contributed by atoms with Gasteiger partial charge in [-0.15, -0.1) is 0 Å². The summed E-state index contributed by atoms with van der Waals surface area (Å²) in [5.41, 5.74) is 6.80. The Morgan fingerprint density at radius 3 is 1.26 bits per heavy atom. The molecule has 0 aliphatic heterocycles. The zero-order valence-corrected chi connectivity index (χ0v) is 22.5. The first-order valence-electron chi connectivity index (χ1n) is 12.7. The molecule has 0 saturated heterocycles. The molecule has 0 heterocycles. The van der Waals surface area contributed by atoms with Crippen molar-refractivity contribution in [3.63, 3.8) is 0 Å². The third kappa shape index (κ3) is 8.67. The average Bonchev–Trinajstić information content (AvgIpc) is 2.93. The second-order valence-electron chi connectivity index (χ2n) is 8.50. The second-order valence-corrected chi connectivity index (χ2v) is 8.50. The first-order chi connectivity index (χ1) is 16.5. The van der Waals surface area contributed by atoms with Crippen molar-refractivity contribution in [1.82, 2.24) is 0 Å². The molecule has 0 radical (unpaired) electrons. The van der Waals surface area contributed by atoms with E-state index >= 15 is 0 Å². The van der Waals surface area contributed by atoms with Gasteiger partial charge in [-0.25, -0.2) is 0 Å². The Bertz CT molecular complexity index is 972. The van der Waals surface area contributed by atoms with Crippen molar-refractivity contribution in [2.24, 2.45) is 0 Å². The van der Waals surface area contributed by atoms with Crippen LogP contribution in [0.4, 0.5) is 0 Å². The summed E-state index contributed by atoms with van der Waals surface area (Å²) in [5, 5.41) is 0. The van der Waals surface area contributed by atoms with Crippen LogP contribution in [-0.2, 0) is 5.41 Å². The largest absolute Gasteiger partial charge is 0.0683 e. The molecule has 34 heavy (non-hydrogen) atoms. The van der Waals surface area contributed by atoms with Crippen LogP contribution in [0.25, 0.3) is 11.1 Å². The number of hydrogen-bond donors (Lipinski definition) is 0. The molecular weight excluding hydrogens is 408 g/mol. The highest BCUT2D eigenvalue weighted by molar-refractivity contribution is 5.64. The fourth-order valence-electron chi connectivity index (χ4n) is 3.58. The van der Waals surface area contributed by atoms with Crippen molar-refractivity contribution in [3.05, 3.63) is 132 Å². The predicted octanol–water partition coefficient (Wildman–Crippen LogP) is 10.5. The van der Waals surface area contributed by atoms with E-state index in [-0.39, 0.29) is 5.41 Å². The Morgan fingerprint density at radius 2 is 0.853 bits per heavy atom. The zero-order chi connectivity index (χ0) is 25.4. The van der Waals surface area contributed by atoms with E-state index in [1.807, 2.05) is 27.7 Å². The second kappa shape index (κ2) is 15.7. The quantitative estimate of drug-likeness (QED) is 0.289. The number of hydrogen-bond acceptors (Lipinski definition) is 0. The van der Waals surface area contributed by atoms with Crippen molar-refractivity contribution in [2.45, 2.75) is 66.7 Å².